The second-order valence-corrected chi connectivity index (χ2v) is 5.12. The molecule has 0 unspecified atom stereocenters. The summed E-state index contributed by atoms with van der Waals surface area (Å²) >= 11 is 3.36. The Balaban J connectivity index is 2.27. The molecule has 1 aliphatic heterocycles. The lowest BCUT2D eigenvalue weighted by Gasteiger charge is -2.11. The number of rotatable bonds is 2. The molecular formula is C13H14BrNO3. The Morgan fingerprint density at radius 1 is 1.50 bits per heavy atom. The number of benzene rings is 1. The summed E-state index contributed by atoms with van der Waals surface area (Å²) in [5.74, 6) is -0.847. The van der Waals surface area contributed by atoms with E-state index < -0.39 is 5.92 Å². The van der Waals surface area contributed by atoms with Crippen LogP contribution in [0.25, 0.3) is 0 Å². The molecule has 1 amide bonds. The molecule has 0 saturated carbocycles. The van der Waals surface area contributed by atoms with Gasteiger partial charge >= 0.3 is 5.97 Å². The van der Waals surface area contributed by atoms with Crippen molar-refractivity contribution >= 4 is 33.5 Å². The Hall–Kier alpha value is -1.36. The van der Waals surface area contributed by atoms with Gasteiger partial charge < -0.3 is 10.1 Å². The fourth-order valence-corrected chi connectivity index (χ4v) is 2.39. The molecule has 96 valence electrons. The van der Waals surface area contributed by atoms with Crippen LogP contribution in [0.5, 0.6) is 0 Å². The number of fused-ring (bicyclic) bond motifs is 1. The van der Waals surface area contributed by atoms with Gasteiger partial charge in [-0.3, -0.25) is 9.59 Å². The molecule has 1 aromatic rings. The minimum Gasteiger partial charge on any atom is -0.466 e. The summed E-state index contributed by atoms with van der Waals surface area (Å²) in [6.07, 6.45) is 0.700. The first-order chi connectivity index (χ1) is 8.60. The molecule has 0 fully saturated rings. The lowest BCUT2D eigenvalue weighted by Crippen LogP contribution is -2.23. The van der Waals surface area contributed by atoms with Crippen LogP contribution in [0.4, 0.5) is 5.69 Å². The Labute approximate surface area is 114 Å². The first-order valence-corrected chi connectivity index (χ1v) is 6.64. The van der Waals surface area contributed by atoms with Gasteiger partial charge in [0.15, 0.2) is 0 Å². The van der Waals surface area contributed by atoms with Crippen molar-refractivity contribution in [1.82, 2.24) is 0 Å². The largest absolute Gasteiger partial charge is 0.466 e. The van der Waals surface area contributed by atoms with Gasteiger partial charge in [-0.2, -0.15) is 0 Å². The van der Waals surface area contributed by atoms with Gasteiger partial charge in [-0.1, -0.05) is 22.0 Å². The molecule has 1 aromatic carbocycles. The molecule has 0 bridgehead atoms. The van der Waals surface area contributed by atoms with Crippen LogP contribution >= 0.6 is 15.9 Å². The van der Waals surface area contributed by atoms with E-state index in [2.05, 4.69) is 21.2 Å². The number of amides is 1. The molecule has 0 radical (unpaired) electrons. The summed E-state index contributed by atoms with van der Waals surface area (Å²) in [6.45, 7) is 2.10. The van der Waals surface area contributed by atoms with Crippen molar-refractivity contribution in [3.63, 3.8) is 0 Å². The zero-order valence-corrected chi connectivity index (χ0v) is 11.6. The van der Waals surface area contributed by atoms with Gasteiger partial charge in [0.2, 0.25) is 5.91 Å². The third-order valence-electron chi connectivity index (χ3n) is 2.86. The first kappa shape index (κ1) is 13.1. The number of anilines is 1. The molecule has 1 heterocycles. The van der Waals surface area contributed by atoms with Crippen molar-refractivity contribution < 1.29 is 14.3 Å². The topological polar surface area (TPSA) is 55.4 Å². The van der Waals surface area contributed by atoms with Crippen LogP contribution in [0, 0.1) is 5.92 Å². The van der Waals surface area contributed by atoms with Gasteiger partial charge in [0.05, 0.1) is 12.5 Å². The summed E-state index contributed by atoms with van der Waals surface area (Å²) in [7, 11) is 0. The Kier molecular flexibility index (Phi) is 4.01. The molecular weight excluding hydrogens is 298 g/mol. The Bertz CT molecular complexity index is 487. The Morgan fingerprint density at radius 2 is 2.28 bits per heavy atom. The third-order valence-corrected chi connectivity index (χ3v) is 3.36. The highest BCUT2D eigenvalue weighted by molar-refractivity contribution is 9.10. The number of hydrogen-bond donors (Lipinski definition) is 1. The monoisotopic (exact) mass is 311 g/mol. The van der Waals surface area contributed by atoms with Gasteiger partial charge in [-0.15, -0.1) is 0 Å². The van der Waals surface area contributed by atoms with Crippen LogP contribution in [-0.2, 0) is 20.7 Å². The number of hydrogen-bond acceptors (Lipinski definition) is 3. The lowest BCUT2D eigenvalue weighted by molar-refractivity contribution is -0.149. The van der Waals surface area contributed by atoms with Crippen molar-refractivity contribution in [1.29, 1.82) is 0 Å². The quantitative estimate of drug-likeness (QED) is 0.854. The average Bonchev–Trinajstić information content (AvgIpc) is 2.47. The van der Waals surface area contributed by atoms with Crippen molar-refractivity contribution in [2.75, 3.05) is 11.9 Å². The van der Waals surface area contributed by atoms with Gasteiger partial charge in [-0.25, -0.2) is 0 Å². The van der Waals surface area contributed by atoms with E-state index in [1.807, 2.05) is 18.2 Å². The molecule has 0 aromatic heterocycles. The van der Waals surface area contributed by atoms with Crippen molar-refractivity contribution in [2.45, 2.75) is 19.8 Å². The first-order valence-electron chi connectivity index (χ1n) is 5.85. The van der Waals surface area contributed by atoms with E-state index in [1.165, 1.54) is 0 Å². The zero-order chi connectivity index (χ0) is 13.1. The van der Waals surface area contributed by atoms with Gasteiger partial charge in [0, 0.05) is 16.6 Å². The number of carbonyl (C=O) groups is 2. The SMILES string of the molecule is CCOC(=O)[C@H]1CC(=O)Nc2cc(Br)ccc2C1. The van der Waals surface area contributed by atoms with E-state index in [0.29, 0.717) is 13.0 Å². The predicted octanol–water partition coefficient (Wildman–Crippen LogP) is 2.51. The summed E-state index contributed by atoms with van der Waals surface area (Å²) < 4.78 is 5.89. The summed E-state index contributed by atoms with van der Waals surface area (Å²) in [6, 6.07) is 5.66. The van der Waals surface area contributed by atoms with Crippen molar-refractivity contribution in [3.8, 4) is 0 Å². The summed E-state index contributed by atoms with van der Waals surface area (Å²) in [4.78, 5) is 23.5. The molecule has 0 saturated heterocycles. The number of carbonyl (C=O) groups excluding carboxylic acids is 2. The smallest absolute Gasteiger partial charge is 0.309 e. The van der Waals surface area contributed by atoms with E-state index >= 15 is 0 Å². The van der Waals surface area contributed by atoms with Gasteiger partial charge in [0.25, 0.3) is 0 Å². The molecule has 1 N–H and O–H groups in total. The second-order valence-electron chi connectivity index (χ2n) is 4.21. The van der Waals surface area contributed by atoms with Crippen LogP contribution in [-0.4, -0.2) is 18.5 Å². The lowest BCUT2D eigenvalue weighted by atomic mass is 9.97. The minimum atomic E-state index is -0.396. The maximum absolute atomic E-state index is 11.8. The maximum atomic E-state index is 11.8. The van der Waals surface area contributed by atoms with Crippen LogP contribution in [0.1, 0.15) is 18.9 Å². The summed E-state index contributed by atoms with van der Waals surface area (Å²) in [5.41, 5.74) is 1.73. The van der Waals surface area contributed by atoms with Crippen LogP contribution in [0.15, 0.2) is 22.7 Å². The zero-order valence-electron chi connectivity index (χ0n) is 10.0. The average molecular weight is 312 g/mol. The molecule has 1 aliphatic rings. The van der Waals surface area contributed by atoms with E-state index in [0.717, 1.165) is 15.7 Å². The highest BCUT2D eigenvalue weighted by atomic mass is 79.9. The molecule has 4 nitrogen and oxygen atoms in total. The fraction of sp³-hybridized carbons (Fsp3) is 0.385. The number of ether oxygens (including phenoxy) is 1. The number of esters is 1. The maximum Gasteiger partial charge on any atom is 0.309 e. The third kappa shape index (κ3) is 2.90. The van der Waals surface area contributed by atoms with Crippen LogP contribution in [0.3, 0.4) is 0 Å². The standard InChI is InChI=1S/C13H14BrNO3/c1-2-18-13(17)9-5-8-3-4-10(14)7-11(8)15-12(16)6-9/h3-4,7,9H,2,5-6H2,1H3,(H,15,16)/t9-/m1/s1. The van der Waals surface area contributed by atoms with E-state index in [4.69, 9.17) is 4.74 Å². The molecule has 0 spiro atoms. The van der Waals surface area contributed by atoms with Gasteiger partial charge in [0.1, 0.15) is 0 Å². The predicted molar refractivity (Wildman–Crippen MR) is 71.2 cm³/mol. The molecule has 18 heavy (non-hydrogen) atoms. The van der Waals surface area contributed by atoms with E-state index in [1.54, 1.807) is 6.92 Å². The minimum absolute atomic E-state index is 0.148. The molecule has 5 heteroatoms. The van der Waals surface area contributed by atoms with E-state index in [9.17, 15) is 9.59 Å². The number of halogens is 1. The van der Waals surface area contributed by atoms with Crippen molar-refractivity contribution in [2.24, 2.45) is 5.92 Å². The molecule has 0 aliphatic carbocycles. The molecule has 2 rings (SSSR count). The fourth-order valence-electron chi connectivity index (χ4n) is 2.03. The number of nitrogens with one attached hydrogen (secondary N) is 1. The molecule has 1 atom stereocenters. The van der Waals surface area contributed by atoms with Crippen molar-refractivity contribution in [3.05, 3.63) is 28.2 Å². The van der Waals surface area contributed by atoms with Crippen LogP contribution in [0.2, 0.25) is 0 Å². The van der Waals surface area contributed by atoms with Gasteiger partial charge in [-0.05, 0) is 31.0 Å². The highest BCUT2D eigenvalue weighted by Crippen LogP contribution is 2.28. The van der Waals surface area contributed by atoms with Crippen LogP contribution < -0.4 is 5.32 Å². The second kappa shape index (κ2) is 5.52. The Morgan fingerprint density at radius 3 is 3.00 bits per heavy atom. The highest BCUT2D eigenvalue weighted by Gasteiger charge is 2.27. The van der Waals surface area contributed by atoms with E-state index in [-0.39, 0.29) is 18.3 Å². The normalized spacial score (nSPS) is 18.6. The summed E-state index contributed by atoms with van der Waals surface area (Å²) in [5, 5.41) is 2.81.